The molecule has 0 unspecified atom stereocenters. The lowest BCUT2D eigenvalue weighted by atomic mass is 10.2. The van der Waals surface area contributed by atoms with Gasteiger partial charge in [-0.25, -0.2) is 0 Å². The van der Waals surface area contributed by atoms with Gasteiger partial charge in [-0.05, 0) is 42.8 Å². The summed E-state index contributed by atoms with van der Waals surface area (Å²) in [7, 11) is -3.75. The van der Waals surface area contributed by atoms with E-state index >= 15 is 0 Å². The van der Waals surface area contributed by atoms with Gasteiger partial charge in [0.05, 0.1) is 4.90 Å². The van der Waals surface area contributed by atoms with E-state index in [0.717, 1.165) is 0 Å². The third-order valence-corrected chi connectivity index (χ3v) is 4.49. The number of hydrogen-bond acceptors (Lipinski definition) is 4. The third-order valence-electron chi connectivity index (χ3n) is 2.77. The number of aryl methyl sites for hydroxylation is 1. The molecule has 0 amide bonds. The Morgan fingerprint density at radius 3 is 2.33 bits per heavy atom. The highest BCUT2D eigenvalue weighted by Crippen LogP contribution is 2.17. The maximum atomic E-state index is 12.0. The van der Waals surface area contributed by atoms with Gasteiger partial charge in [-0.3, -0.25) is 4.18 Å². The van der Waals surface area contributed by atoms with Crippen LogP contribution in [0.2, 0.25) is 5.02 Å². The van der Waals surface area contributed by atoms with Crippen LogP contribution < -0.4 is 4.74 Å². The lowest BCUT2D eigenvalue weighted by Gasteiger charge is -2.09. The van der Waals surface area contributed by atoms with E-state index in [0.29, 0.717) is 16.3 Å². The van der Waals surface area contributed by atoms with Crippen molar-refractivity contribution in [1.82, 2.24) is 0 Å². The minimum Gasteiger partial charge on any atom is -0.491 e. The van der Waals surface area contributed by atoms with Crippen molar-refractivity contribution in [2.45, 2.75) is 11.8 Å². The van der Waals surface area contributed by atoms with Crippen molar-refractivity contribution in [3.8, 4) is 5.75 Å². The molecule has 0 fully saturated rings. The molecule has 6 heteroatoms. The molecule has 0 aromatic heterocycles. The van der Waals surface area contributed by atoms with Gasteiger partial charge >= 0.3 is 0 Å². The van der Waals surface area contributed by atoms with Crippen LogP contribution in [0.15, 0.2) is 53.4 Å². The molecule has 0 saturated carbocycles. The first kappa shape index (κ1) is 15.8. The normalized spacial score (nSPS) is 11.3. The van der Waals surface area contributed by atoms with Crippen molar-refractivity contribution in [3.63, 3.8) is 0 Å². The molecular formula is C15H15ClO4S. The zero-order chi connectivity index (χ0) is 15.3. The Labute approximate surface area is 129 Å². The summed E-state index contributed by atoms with van der Waals surface area (Å²) in [6.45, 7) is 1.80. The molecule has 0 radical (unpaired) electrons. The van der Waals surface area contributed by atoms with Gasteiger partial charge in [0.1, 0.15) is 19.0 Å². The van der Waals surface area contributed by atoms with Gasteiger partial charge in [-0.2, -0.15) is 8.42 Å². The van der Waals surface area contributed by atoms with Crippen molar-refractivity contribution in [2.24, 2.45) is 0 Å². The molecule has 0 bridgehead atoms. The highest BCUT2D eigenvalue weighted by Gasteiger charge is 2.17. The van der Waals surface area contributed by atoms with Crippen LogP contribution in [0.3, 0.4) is 0 Å². The fourth-order valence-corrected chi connectivity index (χ4v) is 2.98. The van der Waals surface area contributed by atoms with Gasteiger partial charge < -0.3 is 4.74 Å². The highest BCUT2D eigenvalue weighted by atomic mass is 35.5. The van der Waals surface area contributed by atoms with E-state index in [9.17, 15) is 8.42 Å². The van der Waals surface area contributed by atoms with Gasteiger partial charge in [0.15, 0.2) is 0 Å². The van der Waals surface area contributed by atoms with Gasteiger partial charge in [0, 0.05) is 5.02 Å². The number of rotatable bonds is 6. The fraction of sp³-hybridized carbons (Fsp3) is 0.200. The van der Waals surface area contributed by atoms with E-state index in [2.05, 4.69) is 0 Å². The molecule has 0 saturated heterocycles. The first-order valence-corrected chi connectivity index (χ1v) is 8.11. The van der Waals surface area contributed by atoms with E-state index in [4.69, 9.17) is 20.5 Å². The average Bonchev–Trinajstić information content (AvgIpc) is 2.46. The van der Waals surface area contributed by atoms with E-state index in [-0.39, 0.29) is 18.1 Å². The molecule has 2 aromatic rings. The molecule has 0 aliphatic carbocycles. The summed E-state index contributed by atoms with van der Waals surface area (Å²) in [5.41, 5.74) is 0.649. The smallest absolute Gasteiger partial charge is 0.297 e. The lowest BCUT2D eigenvalue weighted by Crippen LogP contribution is -2.13. The van der Waals surface area contributed by atoms with Crippen LogP contribution in [0.25, 0.3) is 0 Å². The fourth-order valence-electron chi connectivity index (χ4n) is 1.73. The topological polar surface area (TPSA) is 52.6 Å². The summed E-state index contributed by atoms with van der Waals surface area (Å²) in [6.07, 6.45) is 0. The van der Waals surface area contributed by atoms with Crippen LogP contribution in [-0.4, -0.2) is 21.6 Å². The predicted octanol–water partition coefficient (Wildman–Crippen LogP) is 3.43. The first-order chi connectivity index (χ1) is 9.99. The second-order valence-electron chi connectivity index (χ2n) is 4.34. The number of ether oxygens (including phenoxy) is 1. The highest BCUT2D eigenvalue weighted by molar-refractivity contribution is 7.86. The molecule has 2 rings (SSSR count). The molecule has 0 atom stereocenters. The zero-order valence-corrected chi connectivity index (χ0v) is 13.0. The number of hydrogen-bond donors (Lipinski definition) is 0. The summed E-state index contributed by atoms with van der Waals surface area (Å²) in [5, 5.41) is 0.612. The maximum Gasteiger partial charge on any atom is 0.297 e. The molecular weight excluding hydrogens is 312 g/mol. The van der Waals surface area contributed by atoms with Crippen molar-refractivity contribution >= 4 is 21.7 Å². The van der Waals surface area contributed by atoms with Crippen molar-refractivity contribution in [3.05, 3.63) is 59.1 Å². The summed E-state index contributed by atoms with van der Waals surface area (Å²) in [5.74, 6) is 0.608. The van der Waals surface area contributed by atoms with Crippen LogP contribution in [0, 0.1) is 6.92 Å². The summed E-state index contributed by atoms with van der Waals surface area (Å²) in [6, 6.07) is 13.5. The summed E-state index contributed by atoms with van der Waals surface area (Å²) < 4.78 is 34.4. The molecule has 0 heterocycles. The van der Waals surface area contributed by atoms with Crippen LogP contribution in [0.4, 0.5) is 0 Å². The molecule has 0 N–H and O–H groups in total. The second kappa shape index (κ2) is 6.93. The Kier molecular flexibility index (Phi) is 5.22. The standard InChI is InChI=1S/C15H15ClO4S/c1-12-4-2-3-5-15(12)21(17,18)20-11-10-19-14-8-6-13(16)7-9-14/h2-9H,10-11H2,1H3. The zero-order valence-electron chi connectivity index (χ0n) is 11.5. The van der Waals surface area contributed by atoms with Crippen molar-refractivity contribution < 1.29 is 17.3 Å². The molecule has 0 spiro atoms. The van der Waals surface area contributed by atoms with Crippen LogP contribution in [0.1, 0.15) is 5.56 Å². The van der Waals surface area contributed by atoms with Gasteiger partial charge in [-0.15, -0.1) is 0 Å². The number of benzene rings is 2. The van der Waals surface area contributed by atoms with E-state index in [1.807, 2.05) is 0 Å². The second-order valence-corrected chi connectivity index (χ2v) is 6.36. The van der Waals surface area contributed by atoms with E-state index in [1.54, 1.807) is 49.4 Å². The van der Waals surface area contributed by atoms with E-state index < -0.39 is 10.1 Å². The molecule has 4 nitrogen and oxygen atoms in total. The monoisotopic (exact) mass is 326 g/mol. The summed E-state index contributed by atoms with van der Waals surface area (Å²) >= 11 is 5.76. The Morgan fingerprint density at radius 2 is 1.67 bits per heavy atom. The largest absolute Gasteiger partial charge is 0.491 e. The van der Waals surface area contributed by atoms with Crippen LogP contribution in [-0.2, 0) is 14.3 Å². The van der Waals surface area contributed by atoms with Gasteiger partial charge in [-0.1, -0.05) is 29.8 Å². The van der Waals surface area contributed by atoms with Crippen LogP contribution in [0.5, 0.6) is 5.75 Å². The van der Waals surface area contributed by atoms with Crippen LogP contribution >= 0.6 is 11.6 Å². The van der Waals surface area contributed by atoms with Gasteiger partial charge in [0.2, 0.25) is 0 Å². The predicted molar refractivity (Wildman–Crippen MR) is 81.3 cm³/mol. The van der Waals surface area contributed by atoms with Gasteiger partial charge in [0.25, 0.3) is 10.1 Å². The lowest BCUT2D eigenvalue weighted by molar-refractivity contribution is 0.221. The quantitative estimate of drug-likeness (QED) is 0.603. The maximum absolute atomic E-state index is 12.0. The molecule has 2 aromatic carbocycles. The van der Waals surface area contributed by atoms with Crippen molar-refractivity contribution in [1.29, 1.82) is 0 Å². The van der Waals surface area contributed by atoms with E-state index in [1.165, 1.54) is 6.07 Å². The Bertz CT molecular complexity index is 696. The first-order valence-electron chi connectivity index (χ1n) is 6.32. The molecule has 0 aliphatic rings. The Hall–Kier alpha value is -1.56. The third kappa shape index (κ3) is 4.46. The minimum atomic E-state index is -3.75. The van der Waals surface area contributed by atoms with Crippen molar-refractivity contribution in [2.75, 3.05) is 13.2 Å². The molecule has 0 aliphatic heterocycles. The Balaban J connectivity index is 1.88. The average molecular weight is 327 g/mol. The number of halogens is 1. The minimum absolute atomic E-state index is 0.0563. The molecule has 112 valence electrons. The Morgan fingerprint density at radius 1 is 1.00 bits per heavy atom. The summed E-state index contributed by atoms with van der Waals surface area (Å²) in [4.78, 5) is 0.177. The SMILES string of the molecule is Cc1ccccc1S(=O)(=O)OCCOc1ccc(Cl)cc1. The molecule has 21 heavy (non-hydrogen) atoms.